The molecule has 3 unspecified atom stereocenters. The third kappa shape index (κ3) is 4.90. The van der Waals surface area contributed by atoms with Gasteiger partial charge in [0.15, 0.2) is 0 Å². The summed E-state index contributed by atoms with van der Waals surface area (Å²) in [6.45, 7) is 0. The summed E-state index contributed by atoms with van der Waals surface area (Å²) in [5.41, 5.74) is 9.81. The fraction of sp³-hybridized carbons (Fsp3) is 0.128. The molecule has 1 saturated heterocycles. The molecule has 1 aromatic heterocycles. The molecule has 0 bridgehead atoms. The number of aromatic nitrogens is 1. The van der Waals surface area contributed by atoms with Crippen molar-refractivity contribution >= 4 is 21.8 Å². The Morgan fingerprint density at radius 2 is 1.16 bits per heavy atom. The highest BCUT2D eigenvalue weighted by Crippen LogP contribution is 2.35. The molecule has 0 amide bonds. The number of benzene rings is 5. The van der Waals surface area contributed by atoms with Crippen LogP contribution in [0.25, 0.3) is 38.6 Å². The summed E-state index contributed by atoms with van der Waals surface area (Å²) in [5.74, 6) is 0. The first-order valence-corrected chi connectivity index (χ1v) is 15.2. The molecule has 0 saturated carbocycles. The zero-order valence-electron chi connectivity index (χ0n) is 23.9. The molecule has 6 aromatic rings. The first-order valence-electron chi connectivity index (χ1n) is 15.2. The Bertz CT molecular complexity index is 1950. The van der Waals surface area contributed by atoms with Crippen LogP contribution in [0.5, 0.6) is 0 Å². The predicted octanol–water partition coefficient (Wildman–Crippen LogP) is 8.53. The highest BCUT2D eigenvalue weighted by molar-refractivity contribution is 6.10. The third-order valence-electron chi connectivity index (χ3n) is 8.75. The van der Waals surface area contributed by atoms with Gasteiger partial charge in [-0.1, -0.05) is 115 Å². The number of nitrogens with zero attached hydrogens (tertiary/aromatic N) is 1. The Kier molecular flexibility index (Phi) is 6.73. The van der Waals surface area contributed by atoms with E-state index in [1.165, 1.54) is 49.6 Å². The highest BCUT2D eigenvalue weighted by atomic mass is 15.4. The van der Waals surface area contributed by atoms with Crippen molar-refractivity contribution in [2.24, 2.45) is 0 Å². The van der Waals surface area contributed by atoms with Crippen molar-refractivity contribution in [3.8, 4) is 16.8 Å². The van der Waals surface area contributed by atoms with Gasteiger partial charge in [0.25, 0.3) is 0 Å². The molecule has 2 aliphatic rings. The predicted molar refractivity (Wildman–Crippen MR) is 178 cm³/mol. The largest absolute Gasteiger partial charge is 0.309 e. The number of rotatable bonds is 5. The molecule has 3 atom stereocenters. The second-order valence-corrected chi connectivity index (χ2v) is 11.4. The van der Waals surface area contributed by atoms with Crippen molar-refractivity contribution in [3.63, 3.8) is 0 Å². The zero-order valence-corrected chi connectivity index (χ0v) is 23.9. The average molecular weight is 559 g/mol. The zero-order chi connectivity index (χ0) is 28.6. The number of hydrogen-bond acceptors (Lipinski definition) is 3. The van der Waals surface area contributed by atoms with Crippen molar-refractivity contribution in [1.82, 2.24) is 20.5 Å². The summed E-state index contributed by atoms with van der Waals surface area (Å²) < 4.78 is 2.39. The highest BCUT2D eigenvalue weighted by Gasteiger charge is 2.30. The minimum Gasteiger partial charge on any atom is -0.309 e. The first kappa shape index (κ1) is 25.9. The van der Waals surface area contributed by atoms with Gasteiger partial charge in [-0.3, -0.25) is 16.0 Å². The Morgan fingerprint density at radius 3 is 1.91 bits per heavy atom. The maximum atomic E-state index is 3.83. The maximum absolute atomic E-state index is 3.83. The summed E-state index contributed by atoms with van der Waals surface area (Å²) in [7, 11) is 0. The number of fused-ring (bicyclic) bond motifs is 3. The van der Waals surface area contributed by atoms with E-state index in [4.69, 9.17) is 0 Å². The van der Waals surface area contributed by atoms with Crippen LogP contribution >= 0.6 is 0 Å². The van der Waals surface area contributed by atoms with E-state index in [0.717, 1.165) is 18.5 Å². The van der Waals surface area contributed by atoms with Crippen LogP contribution in [0.2, 0.25) is 0 Å². The number of para-hydroxylation sites is 1. The smallest absolute Gasteiger partial charge is 0.0864 e. The molecule has 5 aromatic carbocycles. The number of nitrogens with one attached hydrogen (secondary N) is 3. The van der Waals surface area contributed by atoms with E-state index in [2.05, 4.69) is 166 Å². The number of hydrogen-bond donors (Lipinski definition) is 3. The molecular formula is C39H34N4. The molecule has 4 heteroatoms. The van der Waals surface area contributed by atoms with Crippen LogP contribution in [0.4, 0.5) is 0 Å². The van der Waals surface area contributed by atoms with E-state index in [1.807, 2.05) is 0 Å². The fourth-order valence-corrected chi connectivity index (χ4v) is 6.59. The molecule has 0 spiro atoms. The summed E-state index contributed by atoms with van der Waals surface area (Å²) in [6.07, 6.45) is 9.16. The van der Waals surface area contributed by atoms with E-state index in [-0.39, 0.29) is 18.5 Å². The van der Waals surface area contributed by atoms with Gasteiger partial charge in [0.1, 0.15) is 0 Å². The van der Waals surface area contributed by atoms with Crippen molar-refractivity contribution in [2.75, 3.05) is 0 Å². The molecule has 2 heterocycles. The monoisotopic (exact) mass is 558 g/mol. The maximum Gasteiger partial charge on any atom is 0.0864 e. The quantitative estimate of drug-likeness (QED) is 0.199. The molecule has 0 radical (unpaired) electrons. The van der Waals surface area contributed by atoms with E-state index >= 15 is 0 Å². The first-order chi connectivity index (χ1) is 21.3. The van der Waals surface area contributed by atoms with E-state index < -0.39 is 0 Å². The molecule has 1 aliphatic heterocycles. The van der Waals surface area contributed by atoms with Crippen LogP contribution in [-0.2, 0) is 0 Å². The van der Waals surface area contributed by atoms with Crippen LogP contribution < -0.4 is 16.0 Å². The molecule has 8 rings (SSSR count). The molecule has 210 valence electrons. The Balaban J connectivity index is 1.16. The molecule has 43 heavy (non-hydrogen) atoms. The van der Waals surface area contributed by atoms with Gasteiger partial charge in [0.2, 0.25) is 0 Å². The van der Waals surface area contributed by atoms with E-state index in [1.54, 1.807) is 0 Å². The molecule has 4 nitrogen and oxygen atoms in total. The fourth-order valence-electron chi connectivity index (χ4n) is 6.59. The summed E-state index contributed by atoms with van der Waals surface area (Å²) >= 11 is 0. The van der Waals surface area contributed by atoms with Crippen LogP contribution in [0.15, 0.2) is 151 Å². The van der Waals surface area contributed by atoms with E-state index in [0.29, 0.717) is 0 Å². The summed E-state index contributed by atoms with van der Waals surface area (Å²) in [6, 6.07) is 45.9. The Hall–Kier alpha value is -4.74. The van der Waals surface area contributed by atoms with Gasteiger partial charge in [-0.15, -0.1) is 0 Å². The molecular weight excluding hydrogens is 524 g/mol. The SMILES string of the molecule is C1=CC(C2NC(c3ccccc3)NC(c3ccc(-n4c5ccccc5c5cc(-c6ccccc6)ccc54)cc3)N2)=CCC1. The van der Waals surface area contributed by atoms with Gasteiger partial charge in [-0.25, -0.2) is 0 Å². The van der Waals surface area contributed by atoms with Crippen molar-refractivity contribution in [3.05, 3.63) is 162 Å². The molecule has 1 fully saturated rings. The van der Waals surface area contributed by atoms with Crippen LogP contribution in [0.3, 0.4) is 0 Å². The second kappa shape index (κ2) is 11.2. The molecule has 3 N–H and O–H groups in total. The lowest BCUT2D eigenvalue weighted by molar-refractivity contribution is 0.224. The van der Waals surface area contributed by atoms with Crippen molar-refractivity contribution in [1.29, 1.82) is 0 Å². The Labute approximate surface area is 252 Å². The van der Waals surface area contributed by atoms with Crippen molar-refractivity contribution < 1.29 is 0 Å². The van der Waals surface area contributed by atoms with Crippen LogP contribution in [0.1, 0.15) is 36.3 Å². The summed E-state index contributed by atoms with van der Waals surface area (Å²) in [4.78, 5) is 0. The number of allylic oxidation sites excluding steroid dienone is 2. The van der Waals surface area contributed by atoms with Gasteiger partial charge < -0.3 is 4.57 Å². The average Bonchev–Trinajstić information content (AvgIpc) is 3.43. The van der Waals surface area contributed by atoms with Gasteiger partial charge in [-0.05, 0) is 71.0 Å². The topological polar surface area (TPSA) is 41.0 Å². The van der Waals surface area contributed by atoms with Gasteiger partial charge >= 0.3 is 0 Å². The standard InChI is InChI=1S/C39H34N4/c1-4-12-27(13-5-1)31-22-25-36-34(26-31)33-18-10-11-19-35(33)43(36)32-23-20-30(21-24-32)39-41-37(28-14-6-2-7-15-28)40-38(42-39)29-16-8-3-9-17-29/h1-2,4-8,10-26,37-42H,3,9H2. The lowest BCUT2D eigenvalue weighted by Crippen LogP contribution is -2.59. The van der Waals surface area contributed by atoms with E-state index in [9.17, 15) is 0 Å². The third-order valence-corrected chi connectivity index (χ3v) is 8.75. The molecule has 1 aliphatic carbocycles. The minimum atomic E-state index is -0.00619. The van der Waals surface area contributed by atoms with Gasteiger partial charge in [-0.2, -0.15) is 0 Å². The van der Waals surface area contributed by atoms with Crippen LogP contribution in [-0.4, -0.2) is 10.7 Å². The Morgan fingerprint density at radius 1 is 0.512 bits per heavy atom. The van der Waals surface area contributed by atoms with Crippen molar-refractivity contribution in [2.45, 2.75) is 31.3 Å². The van der Waals surface area contributed by atoms with Crippen LogP contribution in [0, 0.1) is 0 Å². The lowest BCUT2D eigenvalue weighted by atomic mass is 10.0. The summed E-state index contributed by atoms with van der Waals surface area (Å²) in [5, 5.41) is 14.0. The lowest BCUT2D eigenvalue weighted by Gasteiger charge is -2.40. The van der Waals surface area contributed by atoms with Gasteiger partial charge in [0, 0.05) is 16.5 Å². The minimum absolute atomic E-state index is 0.00619. The van der Waals surface area contributed by atoms with Gasteiger partial charge in [0.05, 0.1) is 29.5 Å². The second-order valence-electron chi connectivity index (χ2n) is 11.4. The normalized spacial score (nSPS) is 20.4.